The largest absolute Gasteiger partial charge is 0.310 e. The smallest absolute Gasteiger partial charge is 0.0271 e. The lowest BCUT2D eigenvalue weighted by molar-refractivity contribution is -0.0775. The summed E-state index contributed by atoms with van der Waals surface area (Å²) in [6, 6.07) is 35.2. The molecule has 0 aromatic heterocycles. The van der Waals surface area contributed by atoms with Crippen LogP contribution in [0.4, 0.5) is 0 Å². The zero-order chi connectivity index (χ0) is 55.4. The lowest BCUT2D eigenvalue weighted by Gasteiger charge is -2.67. The fraction of sp³-hybridized carbons (Fsp3) is 0.838. The summed E-state index contributed by atoms with van der Waals surface area (Å²) in [6.07, 6.45) is 27.7. The van der Waals surface area contributed by atoms with Crippen molar-refractivity contribution in [3.63, 3.8) is 0 Å². The topological polar surface area (TPSA) is 120 Å². The van der Waals surface area contributed by atoms with E-state index in [9.17, 15) is 0 Å². The first-order valence-electron chi connectivity index (χ1n) is 37.0. The van der Waals surface area contributed by atoms with E-state index in [1.807, 2.05) is 0 Å². The molecule has 11 aliphatic heterocycles. The van der Waals surface area contributed by atoms with Crippen LogP contribution in [-0.4, -0.2) is 121 Å². The summed E-state index contributed by atoms with van der Waals surface area (Å²) >= 11 is 0. The molecule has 10 N–H and O–H groups in total. The molecular formula is C74H110N10. The maximum absolute atomic E-state index is 4.94. The van der Waals surface area contributed by atoms with Crippen LogP contribution in [0.2, 0.25) is 0 Å². The van der Waals surface area contributed by atoms with Crippen molar-refractivity contribution in [3.05, 3.63) is 71.8 Å². The lowest BCUT2D eigenvalue weighted by atomic mass is 9.56. The molecule has 36 atom stereocenters. The fourth-order valence-corrected chi connectivity index (χ4v) is 28.0. The van der Waals surface area contributed by atoms with E-state index in [0.717, 1.165) is 23.7 Å². The SMILES string of the molecule is CC1C2CCCC3C4CCC5C(N4)C4NC(CCC4C4NC6C7CCC8NC7C7NC(CCC7C6NC54)C4CCCC5C(C)C(NC45)C(c4ccccc4)C4NC5C8CCCC5C4C)C4CCCC5C(C)C(NC45)C(c4ccccc4)C1NC32. The van der Waals surface area contributed by atoms with Gasteiger partial charge in [0.2, 0.25) is 0 Å². The lowest BCUT2D eigenvalue weighted by Crippen LogP contribution is -2.85. The average molecular weight is 1140 g/mol. The minimum absolute atomic E-state index is 0.506. The minimum atomic E-state index is 0.506. The van der Waals surface area contributed by atoms with Gasteiger partial charge in [-0.25, -0.2) is 0 Å². The van der Waals surface area contributed by atoms with E-state index in [4.69, 9.17) is 31.9 Å². The van der Waals surface area contributed by atoms with Crippen molar-refractivity contribution in [1.29, 1.82) is 0 Å². The van der Waals surface area contributed by atoms with E-state index in [-0.39, 0.29) is 0 Å². The Balaban J connectivity index is 0.666. The number of nitrogens with one attached hydrogen (secondary N) is 10. The zero-order valence-electron chi connectivity index (χ0n) is 51.9. The number of piperazine rings is 1. The Morgan fingerprint density at radius 2 is 0.440 bits per heavy atom. The second-order valence-corrected chi connectivity index (χ2v) is 33.8. The van der Waals surface area contributed by atoms with Gasteiger partial charge in [-0.3, -0.25) is 0 Å². The van der Waals surface area contributed by atoms with Crippen molar-refractivity contribution < 1.29 is 0 Å². The number of benzene rings is 2. The van der Waals surface area contributed by atoms with E-state index in [0.29, 0.717) is 204 Å². The standard InChI is InChI=1S/C74H110N10/c1-35-41-19-11-23-45-53-31-27-49-67(75-53)68-50(28-32-54(76-68)46-24-12-20-42-36(2)60(80-64(42)46)57(59(35)79-63(41)45)39-15-7-5-8-16-39)72-71(49)83-73-51-29-33-55-47-25-13-21-43-37(3)61(81-65(43)47)58(40-17-9-6-10-18-40)62-38(4)44-22-14-26-48(66(44)82-62)56-34-30-52(74(73)84-72)70(78-56)69(51)77-55/h5-10,15-18,35-38,41-84H,11-14,19-34H2,1-4H3. The van der Waals surface area contributed by atoms with Gasteiger partial charge < -0.3 is 53.2 Å². The average Bonchev–Trinajstić information content (AvgIpc) is 4.44. The third-order valence-electron chi connectivity index (χ3n) is 31.4. The maximum Gasteiger partial charge on any atom is 0.0271 e. The van der Waals surface area contributed by atoms with Gasteiger partial charge in [0.05, 0.1) is 0 Å². The van der Waals surface area contributed by atoms with Gasteiger partial charge in [0.1, 0.15) is 0 Å². The van der Waals surface area contributed by atoms with Crippen LogP contribution < -0.4 is 53.2 Å². The minimum Gasteiger partial charge on any atom is -0.310 e. The van der Waals surface area contributed by atoms with Crippen LogP contribution in [0, 0.1) is 94.7 Å². The molecule has 2 aromatic carbocycles. The first kappa shape index (κ1) is 53.8. The van der Waals surface area contributed by atoms with Crippen molar-refractivity contribution in [2.45, 2.75) is 289 Å². The predicted molar refractivity (Wildman–Crippen MR) is 336 cm³/mol. The van der Waals surface area contributed by atoms with Crippen LogP contribution in [0.5, 0.6) is 0 Å². The Bertz CT molecular complexity index is 2390. The molecule has 11 saturated heterocycles. The molecule has 36 unspecified atom stereocenters. The van der Waals surface area contributed by atoms with E-state index < -0.39 is 0 Å². The summed E-state index contributed by atoms with van der Waals surface area (Å²) in [6.45, 7) is 10.8. The summed E-state index contributed by atoms with van der Waals surface area (Å²) < 4.78 is 0. The quantitative estimate of drug-likeness (QED) is 0.143. The highest BCUT2D eigenvalue weighted by Gasteiger charge is 2.66. The molecule has 19 rings (SSSR count). The molecule has 0 spiro atoms. The second kappa shape index (κ2) is 20.8. The third kappa shape index (κ3) is 8.00. The molecule has 16 bridgehead atoms. The van der Waals surface area contributed by atoms with Gasteiger partial charge in [-0.05, 0) is 209 Å². The number of piperidine rings is 4. The zero-order valence-corrected chi connectivity index (χ0v) is 51.9. The van der Waals surface area contributed by atoms with Gasteiger partial charge in [0, 0.05) is 133 Å². The van der Waals surface area contributed by atoms with Crippen molar-refractivity contribution in [2.24, 2.45) is 94.7 Å². The van der Waals surface area contributed by atoms with Crippen molar-refractivity contribution in [2.75, 3.05) is 0 Å². The first-order chi connectivity index (χ1) is 41.3. The van der Waals surface area contributed by atoms with E-state index >= 15 is 0 Å². The van der Waals surface area contributed by atoms with Crippen LogP contribution in [-0.2, 0) is 0 Å². The van der Waals surface area contributed by atoms with Crippen LogP contribution in [0.1, 0.15) is 179 Å². The molecule has 17 fully saturated rings. The van der Waals surface area contributed by atoms with Crippen LogP contribution in [0.3, 0.4) is 0 Å². The molecule has 2 aromatic rings. The molecule has 6 saturated carbocycles. The van der Waals surface area contributed by atoms with Gasteiger partial charge >= 0.3 is 0 Å². The van der Waals surface area contributed by atoms with Crippen molar-refractivity contribution >= 4 is 0 Å². The fourth-order valence-electron chi connectivity index (χ4n) is 28.0. The van der Waals surface area contributed by atoms with Crippen molar-refractivity contribution in [1.82, 2.24) is 53.2 Å². The molecule has 6 aliphatic carbocycles. The van der Waals surface area contributed by atoms with Crippen LogP contribution in [0.15, 0.2) is 60.7 Å². The normalized spacial score (nSPS) is 59.0. The number of hydrogen-bond donors (Lipinski definition) is 10. The summed E-state index contributed by atoms with van der Waals surface area (Å²) in [4.78, 5) is 0. The Hall–Kier alpha value is -1.96. The molecule has 456 valence electrons. The summed E-state index contributed by atoms with van der Waals surface area (Å²) in [5, 5.41) is 47.9. The summed E-state index contributed by atoms with van der Waals surface area (Å²) in [5.74, 6) is 12.3. The molecule has 17 aliphatic rings. The van der Waals surface area contributed by atoms with Gasteiger partial charge in [0.15, 0.2) is 0 Å². The molecule has 0 radical (unpaired) electrons. The summed E-state index contributed by atoms with van der Waals surface area (Å²) in [5.41, 5.74) is 3.17. The highest BCUT2D eigenvalue weighted by Crippen LogP contribution is 2.57. The Kier molecular flexibility index (Phi) is 13.3. The van der Waals surface area contributed by atoms with Gasteiger partial charge in [0.25, 0.3) is 0 Å². The van der Waals surface area contributed by atoms with E-state index in [1.165, 1.54) is 128 Å². The van der Waals surface area contributed by atoms with Crippen LogP contribution in [0.25, 0.3) is 0 Å². The Morgan fingerprint density at radius 1 is 0.214 bits per heavy atom. The summed E-state index contributed by atoms with van der Waals surface area (Å²) in [7, 11) is 0. The Labute approximate surface area is 506 Å². The Morgan fingerprint density at radius 3 is 0.702 bits per heavy atom. The molecule has 11 heterocycles. The molecule has 10 heteroatoms. The molecule has 0 amide bonds. The van der Waals surface area contributed by atoms with Gasteiger partial charge in [-0.15, -0.1) is 0 Å². The van der Waals surface area contributed by atoms with Crippen LogP contribution >= 0.6 is 0 Å². The molecule has 84 heavy (non-hydrogen) atoms. The predicted octanol–water partition coefficient (Wildman–Crippen LogP) is 8.79. The molecule has 10 nitrogen and oxygen atoms in total. The number of rotatable bonds is 2. The second-order valence-electron chi connectivity index (χ2n) is 33.8. The third-order valence-corrected chi connectivity index (χ3v) is 31.4. The van der Waals surface area contributed by atoms with E-state index in [2.05, 4.69) is 110 Å². The molecular weight excluding hydrogens is 1030 g/mol. The highest BCUT2D eigenvalue weighted by atomic mass is 15.3. The number of fused-ring (bicyclic) bond motifs is 18. The first-order valence-corrected chi connectivity index (χ1v) is 37.0. The van der Waals surface area contributed by atoms with Gasteiger partial charge in [-0.1, -0.05) is 114 Å². The highest BCUT2D eigenvalue weighted by molar-refractivity contribution is 5.32. The maximum atomic E-state index is 4.94. The van der Waals surface area contributed by atoms with Crippen molar-refractivity contribution in [3.8, 4) is 0 Å². The van der Waals surface area contributed by atoms with Gasteiger partial charge in [-0.2, -0.15) is 0 Å². The number of hydrogen-bond acceptors (Lipinski definition) is 10. The monoisotopic (exact) mass is 1140 g/mol. The van der Waals surface area contributed by atoms with E-state index in [1.54, 1.807) is 11.1 Å².